The van der Waals surface area contributed by atoms with E-state index in [1.54, 1.807) is 12.4 Å². The molecule has 5 nitrogen and oxygen atoms in total. The number of piperidine rings is 1. The molecule has 0 atom stereocenters. The van der Waals surface area contributed by atoms with Gasteiger partial charge in [-0.2, -0.15) is 0 Å². The summed E-state index contributed by atoms with van der Waals surface area (Å²) < 4.78 is 0. The van der Waals surface area contributed by atoms with Crippen molar-refractivity contribution in [2.75, 3.05) is 50.6 Å². The van der Waals surface area contributed by atoms with E-state index in [2.05, 4.69) is 27.1 Å². The van der Waals surface area contributed by atoms with Crippen LogP contribution < -0.4 is 10.2 Å². The van der Waals surface area contributed by atoms with E-state index in [1.165, 1.54) is 19.3 Å². The average Bonchev–Trinajstić information content (AvgIpc) is 2.68. The molecule has 8 heteroatoms. The predicted octanol–water partition coefficient (Wildman–Crippen LogP) is 4.45. The zero-order valence-corrected chi connectivity index (χ0v) is 18.9. The average molecular weight is 450 g/mol. The molecule has 1 N–H and O–H groups in total. The third-order valence-corrected chi connectivity index (χ3v) is 6.05. The summed E-state index contributed by atoms with van der Waals surface area (Å²) in [6.07, 6.45) is 9.51. The van der Waals surface area contributed by atoms with Crippen LogP contribution in [0.25, 0.3) is 0 Å². The molecule has 1 aliphatic heterocycles. The number of unbranched alkanes of at least 4 members (excludes halogenated alkanes) is 3. The summed E-state index contributed by atoms with van der Waals surface area (Å²) in [5.74, 6) is 0.960. The Morgan fingerprint density at radius 3 is 2.43 bits per heavy atom. The first kappa shape index (κ1) is 23.5. The van der Waals surface area contributed by atoms with Gasteiger partial charge in [0, 0.05) is 50.4 Å². The molecule has 0 unspecified atom stereocenters. The van der Waals surface area contributed by atoms with Crippen LogP contribution >= 0.6 is 34.8 Å². The first-order chi connectivity index (χ1) is 13.5. The predicted molar refractivity (Wildman–Crippen MR) is 119 cm³/mol. The van der Waals surface area contributed by atoms with Crippen LogP contribution in [0.3, 0.4) is 0 Å². The van der Waals surface area contributed by atoms with Gasteiger partial charge in [0.05, 0.1) is 15.7 Å². The number of rotatable bonds is 11. The lowest BCUT2D eigenvalue weighted by Gasteiger charge is -2.34. The SMILES string of the molecule is CN(CCCCCCCl)CCNC(=O)C1CCN(c2c(Cl)cncc2Cl)CC1. The molecule has 1 aromatic heterocycles. The first-order valence-corrected chi connectivity index (χ1v) is 11.4. The van der Waals surface area contributed by atoms with Gasteiger partial charge in [-0.25, -0.2) is 0 Å². The van der Waals surface area contributed by atoms with Crippen molar-refractivity contribution in [2.45, 2.75) is 38.5 Å². The largest absolute Gasteiger partial charge is 0.369 e. The van der Waals surface area contributed by atoms with Crippen LogP contribution in [0.15, 0.2) is 12.4 Å². The molecular formula is C20H31Cl3N4O. The second-order valence-corrected chi connectivity index (χ2v) is 8.60. The van der Waals surface area contributed by atoms with E-state index in [-0.39, 0.29) is 11.8 Å². The fraction of sp³-hybridized carbons (Fsp3) is 0.700. The number of halogens is 3. The third kappa shape index (κ3) is 7.58. The van der Waals surface area contributed by atoms with Crippen molar-refractivity contribution in [1.82, 2.24) is 15.2 Å². The molecule has 0 saturated carbocycles. The maximum atomic E-state index is 12.5. The van der Waals surface area contributed by atoms with Crippen molar-refractivity contribution in [1.29, 1.82) is 0 Å². The number of nitrogens with zero attached hydrogens (tertiary/aromatic N) is 3. The Morgan fingerprint density at radius 2 is 1.79 bits per heavy atom. The number of alkyl halides is 1. The molecule has 2 heterocycles. The summed E-state index contributed by atoms with van der Waals surface area (Å²) >= 11 is 18.2. The molecule has 1 aromatic rings. The van der Waals surface area contributed by atoms with Gasteiger partial charge in [0.15, 0.2) is 0 Å². The summed E-state index contributed by atoms with van der Waals surface area (Å²) in [6.45, 7) is 4.17. The van der Waals surface area contributed by atoms with E-state index >= 15 is 0 Å². The van der Waals surface area contributed by atoms with Crippen molar-refractivity contribution in [3.8, 4) is 0 Å². The number of likely N-dealkylation sites (N-methyl/N-ethyl adjacent to an activating group) is 1. The molecule has 1 aliphatic rings. The van der Waals surface area contributed by atoms with Crippen LogP contribution in [0, 0.1) is 5.92 Å². The van der Waals surface area contributed by atoms with Gasteiger partial charge < -0.3 is 15.1 Å². The number of aromatic nitrogens is 1. The molecule has 1 amide bonds. The molecule has 1 saturated heterocycles. The smallest absolute Gasteiger partial charge is 0.223 e. The number of hydrogen-bond acceptors (Lipinski definition) is 4. The molecule has 158 valence electrons. The van der Waals surface area contributed by atoms with Gasteiger partial charge in [-0.05, 0) is 39.3 Å². The normalized spacial score (nSPS) is 15.2. The highest BCUT2D eigenvalue weighted by molar-refractivity contribution is 6.38. The van der Waals surface area contributed by atoms with Gasteiger partial charge in [0.25, 0.3) is 0 Å². The Balaban J connectivity index is 1.64. The summed E-state index contributed by atoms with van der Waals surface area (Å²) in [6, 6.07) is 0. The zero-order chi connectivity index (χ0) is 20.4. The second kappa shape index (κ2) is 12.7. The number of hydrogen-bond donors (Lipinski definition) is 1. The standard InChI is InChI=1S/C20H31Cl3N4O/c1-26(10-5-3-2-4-8-21)13-9-25-20(28)16-6-11-27(12-7-16)19-17(22)14-24-15-18(19)23/h14-16H,2-13H2,1H3,(H,25,28). The number of carbonyl (C=O) groups is 1. The number of anilines is 1. The van der Waals surface area contributed by atoms with Crippen molar-refractivity contribution < 1.29 is 4.79 Å². The minimum atomic E-state index is 0.0523. The fourth-order valence-corrected chi connectivity index (χ4v) is 4.32. The van der Waals surface area contributed by atoms with E-state index < -0.39 is 0 Å². The van der Waals surface area contributed by atoms with Crippen LogP contribution in [0.5, 0.6) is 0 Å². The molecule has 1 fully saturated rings. The topological polar surface area (TPSA) is 48.5 Å². The van der Waals surface area contributed by atoms with E-state index in [0.717, 1.165) is 57.0 Å². The number of nitrogens with one attached hydrogen (secondary N) is 1. The van der Waals surface area contributed by atoms with E-state index in [0.29, 0.717) is 16.6 Å². The van der Waals surface area contributed by atoms with Gasteiger partial charge >= 0.3 is 0 Å². The molecule has 0 spiro atoms. The van der Waals surface area contributed by atoms with E-state index in [9.17, 15) is 4.79 Å². The quantitative estimate of drug-likeness (QED) is 0.400. The highest BCUT2D eigenvalue weighted by atomic mass is 35.5. The minimum absolute atomic E-state index is 0.0523. The Labute approximate surface area is 183 Å². The van der Waals surface area contributed by atoms with Crippen LogP contribution in [0.1, 0.15) is 38.5 Å². The van der Waals surface area contributed by atoms with Gasteiger partial charge in [0.1, 0.15) is 0 Å². The van der Waals surface area contributed by atoms with Gasteiger partial charge in [0.2, 0.25) is 5.91 Å². The van der Waals surface area contributed by atoms with Crippen molar-refractivity contribution in [3.05, 3.63) is 22.4 Å². The fourth-order valence-electron chi connectivity index (χ4n) is 3.53. The Kier molecular flexibility index (Phi) is 10.7. The highest BCUT2D eigenvalue weighted by Crippen LogP contribution is 2.35. The first-order valence-electron chi connectivity index (χ1n) is 10.1. The summed E-state index contributed by atoms with van der Waals surface area (Å²) in [5, 5.41) is 4.21. The number of amides is 1. The third-order valence-electron chi connectivity index (χ3n) is 5.23. The van der Waals surface area contributed by atoms with Crippen molar-refractivity contribution in [3.63, 3.8) is 0 Å². The zero-order valence-electron chi connectivity index (χ0n) is 16.6. The monoisotopic (exact) mass is 448 g/mol. The van der Waals surface area contributed by atoms with Crippen LogP contribution in [-0.4, -0.2) is 61.4 Å². The molecular weight excluding hydrogens is 419 g/mol. The lowest BCUT2D eigenvalue weighted by Crippen LogP contribution is -2.42. The molecule has 2 rings (SSSR count). The lowest BCUT2D eigenvalue weighted by molar-refractivity contribution is -0.125. The van der Waals surface area contributed by atoms with E-state index in [1.807, 2.05) is 0 Å². The molecule has 28 heavy (non-hydrogen) atoms. The van der Waals surface area contributed by atoms with Crippen LogP contribution in [0.4, 0.5) is 5.69 Å². The summed E-state index contributed by atoms with van der Waals surface area (Å²) in [7, 11) is 2.11. The highest BCUT2D eigenvalue weighted by Gasteiger charge is 2.26. The van der Waals surface area contributed by atoms with Crippen LogP contribution in [0.2, 0.25) is 10.0 Å². The minimum Gasteiger partial charge on any atom is -0.369 e. The molecule has 0 radical (unpaired) electrons. The van der Waals surface area contributed by atoms with Crippen LogP contribution in [-0.2, 0) is 4.79 Å². The summed E-state index contributed by atoms with van der Waals surface area (Å²) in [4.78, 5) is 20.9. The molecule has 0 aliphatic carbocycles. The van der Waals surface area contributed by atoms with Crippen molar-refractivity contribution >= 4 is 46.4 Å². The Morgan fingerprint density at radius 1 is 1.14 bits per heavy atom. The van der Waals surface area contributed by atoms with E-state index in [4.69, 9.17) is 34.8 Å². The number of carbonyl (C=O) groups excluding carboxylic acids is 1. The van der Waals surface area contributed by atoms with Gasteiger partial charge in [-0.1, -0.05) is 36.0 Å². The summed E-state index contributed by atoms with van der Waals surface area (Å²) in [5.41, 5.74) is 0.824. The Bertz CT molecular complexity index is 589. The molecule has 0 bridgehead atoms. The second-order valence-electron chi connectivity index (χ2n) is 7.41. The lowest BCUT2D eigenvalue weighted by atomic mass is 9.95. The Hall–Kier alpha value is -0.750. The number of pyridine rings is 1. The van der Waals surface area contributed by atoms with Crippen molar-refractivity contribution in [2.24, 2.45) is 5.92 Å². The molecule has 0 aromatic carbocycles. The van der Waals surface area contributed by atoms with Gasteiger partial charge in [-0.15, -0.1) is 11.6 Å². The maximum Gasteiger partial charge on any atom is 0.223 e. The van der Waals surface area contributed by atoms with Gasteiger partial charge in [-0.3, -0.25) is 9.78 Å². The maximum absolute atomic E-state index is 12.5.